The Labute approximate surface area is 186 Å². The molecule has 0 saturated heterocycles. The quantitative estimate of drug-likeness (QED) is 0.391. The van der Waals surface area contributed by atoms with Gasteiger partial charge in [0.25, 0.3) is 0 Å². The van der Waals surface area contributed by atoms with Crippen LogP contribution in [0.5, 0.6) is 23.0 Å². The van der Waals surface area contributed by atoms with Crippen LogP contribution in [0.15, 0.2) is 54.6 Å². The molecular weight excluding hydrogens is 412 g/mol. The van der Waals surface area contributed by atoms with E-state index in [1.54, 1.807) is 12.1 Å². The molecule has 0 bridgehead atoms. The third-order valence-corrected chi connectivity index (χ3v) is 4.77. The van der Waals surface area contributed by atoms with E-state index in [0.29, 0.717) is 17.6 Å². The predicted molar refractivity (Wildman–Crippen MR) is 118 cm³/mol. The van der Waals surface area contributed by atoms with Crippen molar-refractivity contribution in [1.82, 2.24) is 0 Å². The SMILES string of the molecule is COC(=O)c1c(Oc2c(CO)cc(C)cc2OCc2ccccc2)ccc(C=O)c1OC. The summed E-state index contributed by atoms with van der Waals surface area (Å²) >= 11 is 0. The zero-order valence-electron chi connectivity index (χ0n) is 18.1. The van der Waals surface area contributed by atoms with Crippen LogP contribution in [0.4, 0.5) is 0 Å². The maximum Gasteiger partial charge on any atom is 0.345 e. The minimum Gasteiger partial charge on any atom is -0.495 e. The lowest BCUT2D eigenvalue weighted by atomic mass is 10.1. The van der Waals surface area contributed by atoms with Crippen LogP contribution in [0.1, 0.15) is 37.4 Å². The summed E-state index contributed by atoms with van der Waals surface area (Å²) in [5.74, 6) is 0.0494. The van der Waals surface area contributed by atoms with Gasteiger partial charge in [0.2, 0.25) is 0 Å². The van der Waals surface area contributed by atoms with Crippen molar-refractivity contribution in [1.29, 1.82) is 0 Å². The first-order chi connectivity index (χ1) is 15.5. The topological polar surface area (TPSA) is 91.3 Å². The Bertz CT molecular complexity index is 1110. The van der Waals surface area contributed by atoms with E-state index >= 15 is 0 Å². The molecule has 0 unspecified atom stereocenters. The summed E-state index contributed by atoms with van der Waals surface area (Å²) in [7, 11) is 2.57. The number of ether oxygens (including phenoxy) is 4. The number of esters is 1. The molecule has 7 nitrogen and oxygen atoms in total. The lowest BCUT2D eigenvalue weighted by Gasteiger charge is -2.19. The number of aliphatic hydroxyl groups is 1. The van der Waals surface area contributed by atoms with E-state index in [2.05, 4.69) is 0 Å². The maximum absolute atomic E-state index is 12.5. The van der Waals surface area contributed by atoms with Crippen LogP contribution < -0.4 is 14.2 Å². The van der Waals surface area contributed by atoms with Gasteiger partial charge in [0.1, 0.15) is 23.7 Å². The highest BCUT2D eigenvalue weighted by Gasteiger charge is 2.25. The van der Waals surface area contributed by atoms with Gasteiger partial charge in [-0.1, -0.05) is 30.3 Å². The lowest BCUT2D eigenvalue weighted by Crippen LogP contribution is -2.09. The van der Waals surface area contributed by atoms with Gasteiger partial charge < -0.3 is 24.1 Å². The Morgan fingerprint density at radius 3 is 2.38 bits per heavy atom. The Balaban J connectivity index is 2.08. The zero-order chi connectivity index (χ0) is 23.1. The fourth-order valence-corrected chi connectivity index (χ4v) is 3.27. The number of aryl methyl sites for hydroxylation is 1. The van der Waals surface area contributed by atoms with Crippen LogP contribution in [0.25, 0.3) is 0 Å². The smallest absolute Gasteiger partial charge is 0.345 e. The average molecular weight is 436 g/mol. The molecule has 0 aliphatic rings. The molecule has 3 aromatic rings. The molecule has 0 amide bonds. The Hall–Kier alpha value is -3.84. The zero-order valence-corrected chi connectivity index (χ0v) is 18.1. The number of methoxy groups -OCH3 is 2. The molecule has 3 aromatic carbocycles. The molecule has 0 atom stereocenters. The molecule has 0 aliphatic carbocycles. The second kappa shape index (κ2) is 10.5. The highest BCUT2D eigenvalue weighted by molar-refractivity contribution is 5.99. The van der Waals surface area contributed by atoms with E-state index in [4.69, 9.17) is 18.9 Å². The number of hydrogen-bond donors (Lipinski definition) is 1. The molecule has 166 valence electrons. The van der Waals surface area contributed by atoms with Crippen molar-refractivity contribution >= 4 is 12.3 Å². The van der Waals surface area contributed by atoms with Crippen molar-refractivity contribution in [2.75, 3.05) is 14.2 Å². The van der Waals surface area contributed by atoms with E-state index in [1.165, 1.54) is 26.4 Å². The van der Waals surface area contributed by atoms with Gasteiger partial charge in [0.15, 0.2) is 17.8 Å². The van der Waals surface area contributed by atoms with E-state index in [9.17, 15) is 14.7 Å². The molecule has 0 spiro atoms. The Morgan fingerprint density at radius 1 is 1.00 bits per heavy atom. The standard InChI is InChI=1S/C25H24O7/c1-16-11-19(14-27)23(21(12-16)31-15-17-7-5-4-6-8-17)32-20-10-9-18(13-26)24(29-2)22(20)25(28)30-3/h4-13,27H,14-15H2,1-3H3. The summed E-state index contributed by atoms with van der Waals surface area (Å²) < 4.78 is 22.3. The number of aldehydes is 1. The van der Waals surface area contributed by atoms with E-state index < -0.39 is 5.97 Å². The molecule has 32 heavy (non-hydrogen) atoms. The summed E-state index contributed by atoms with van der Waals surface area (Å²) in [6.45, 7) is 1.85. The van der Waals surface area contributed by atoms with Gasteiger partial charge in [0, 0.05) is 5.56 Å². The summed E-state index contributed by atoms with van der Waals surface area (Å²) in [5, 5.41) is 9.94. The van der Waals surface area contributed by atoms with E-state index in [1.807, 2.05) is 37.3 Å². The first-order valence-corrected chi connectivity index (χ1v) is 9.85. The van der Waals surface area contributed by atoms with Crippen molar-refractivity contribution < 1.29 is 33.6 Å². The first kappa shape index (κ1) is 22.8. The van der Waals surface area contributed by atoms with Gasteiger partial charge in [0.05, 0.1) is 26.4 Å². The van der Waals surface area contributed by atoms with Gasteiger partial charge in [-0.2, -0.15) is 0 Å². The highest BCUT2D eigenvalue weighted by Crippen LogP contribution is 2.41. The molecular formula is C25H24O7. The van der Waals surface area contributed by atoms with Gasteiger partial charge in [-0.05, 0) is 42.3 Å². The van der Waals surface area contributed by atoms with Crippen molar-refractivity contribution in [3.8, 4) is 23.0 Å². The Kier molecular flexibility index (Phi) is 7.46. The van der Waals surface area contributed by atoms with Crippen molar-refractivity contribution in [2.24, 2.45) is 0 Å². The number of hydrogen-bond acceptors (Lipinski definition) is 7. The maximum atomic E-state index is 12.5. The second-order valence-electron chi connectivity index (χ2n) is 6.96. The fraction of sp³-hybridized carbons (Fsp3) is 0.200. The second-order valence-corrected chi connectivity index (χ2v) is 6.96. The molecule has 0 aromatic heterocycles. The summed E-state index contributed by atoms with van der Waals surface area (Å²) in [5.41, 5.74) is 2.43. The van der Waals surface area contributed by atoms with Crippen LogP contribution in [-0.2, 0) is 18.0 Å². The van der Waals surface area contributed by atoms with E-state index in [0.717, 1.165) is 11.1 Å². The minimum absolute atomic E-state index is 0.0359. The molecule has 1 N–H and O–H groups in total. The number of aliphatic hydroxyl groups excluding tert-OH is 1. The highest BCUT2D eigenvalue weighted by atomic mass is 16.5. The number of rotatable bonds is 9. The van der Waals surface area contributed by atoms with Crippen molar-refractivity contribution in [2.45, 2.75) is 20.1 Å². The summed E-state index contributed by atoms with van der Waals surface area (Å²) in [4.78, 5) is 23.9. The van der Waals surface area contributed by atoms with Crippen LogP contribution in [0, 0.1) is 6.92 Å². The third-order valence-electron chi connectivity index (χ3n) is 4.77. The average Bonchev–Trinajstić information content (AvgIpc) is 2.83. The monoisotopic (exact) mass is 436 g/mol. The number of carbonyl (C=O) groups excluding carboxylic acids is 2. The Morgan fingerprint density at radius 2 is 1.75 bits per heavy atom. The largest absolute Gasteiger partial charge is 0.495 e. The molecule has 0 heterocycles. The van der Waals surface area contributed by atoms with Crippen LogP contribution >= 0.6 is 0 Å². The molecule has 0 saturated carbocycles. The van der Waals surface area contributed by atoms with Crippen molar-refractivity contribution in [3.63, 3.8) is 0 Å². The lowest BCUT2D eigenvalue weighted by molar-refractivity contribution is 0.0594. The van der Waals surface area contributed by atoms with E-state index in [-0.39, 0.29) is 41.6 Å². The fourth-order valence-electron chi connectivity index (χ4n) is 3.27. The number of carbonyl (C=O) groups is 2. The van der Waals surface area contributed by atoms with Crippen LogP contribution in [-0.4, -0.2) is 31.6 Å². The van der Waals surface area contributed by atoms with Gasteiger partial charge in [-0.3, -0.25) is 4.79 Å². The molecule has 7 heteroatoms. The van der Waals surface area contributed by atoms with Gasteiger partial charge in [-0.15, -0.1) is 0 Å². The van der Waals surface area contributed by atoms with Crippen LogP contribution in [0.2, 0.25) is 0 Å². The third kappa shape index (κ3) is 4.90. The summed E-state index contributed by atoms with van der Waals surface area (Å²) in [6.07, 6.45) is 0.578. The number of benzene rings is 3. The first-order valence-electron chi connectivity index (χ1n) is 9.85. The normalized spacial score (nSPS) is 10.4. The van der Waals surface area contributed by atoms with Gasteiger partial charge in [-0.25, -0.2) is 4.79 Å². The molecule has 0 aliphatic heterocycles. The predicted octanol–water partition coefficient (Wildman–Crippen LogP) is 4.47. The summed E-state index contributed by atoms with van der Waals surface area (Å²) in [6, 6.07) is 16.1. The van der Waals surface area contributed by atoms with Crippen LogP contribution in [0.3, 0.4) is 0 Å². The van der Waals surface area contributed by atoms with Gasteiger partial charge >= 0.3 is 5.97 Å². The molecule has 3 rings (SSSR count). The van der Waals surface area contributed by atoms with Crippen molar-refractivity contribution in [3.05, 3.63) is 82.4 Å². The molecule has 0 fully saturated rings. The molecule has 0 radical (unpaired) electrons. The minimum atomic E-state index is -0.732.